The van der Waals surface area contributed by atoms with Crippen LogP contribution in [0.2, 0.25) is 0 Å². The second-order valence-corrected chi connectivity index (χ2v) is 5.29. The number of rotatable bonds is 2. The summed E-state index contributed by atoms with van der Waals surface area (Å²) in [6.45, 7) is 1.97. The summed E-state index contributed by atoms with van der Waals surface area (Å²) in [4.78, 5) is 0. The van der Waals surface area contributed by atoms with E-state index in [1.807, 2.05) is 25.1 Å². The van der Waals surface area contributed by atoms with Gasteiger partial charge in [0.25, 0.3) is 0 Å². The van der Waals surface area contributed by atoms with Crippen LogP contribution in [0, 0.1) is 12.7 Å². The van der Waals surface area contributed by atoms with Gasteiger partial charge in [0.1, 0.15) is 11.9 Å². The van der Waals surface area contributed by atoms with Gasteiger partial charge in [-0.05, 0) is 36.8 Å². The Morgan fingerprint density at radius 1 is 1.24 bits per heavy atom. The zero-order chi connectivity index (χ0) is 15.0. The number of aliphatic hydroxyl groups excluding tert-OH is 1. The van der Waals surface area contributed by atoms with E-state index in [0.717, 1.165) is 11.1 Å². The molecule has 21 heavy (non-hydrogen) atoms. The van der Waals surface area contributed by atoms with Gasteiger partial charge in [0, 0.05) is 12.0 Å². The number of hydrogen-bond donors (Lipinski definition) is 1. The van der Waals surface area contributed by atoms with Crippen molar-refractivity contribution in [2.45, 2.75) is 25.6 Å². The van der Waals surface area contributed by atoms with Crippen molar-refractivity contribution in [3.05, 3.63) is 58.9 Å². The Hall–Kier alpha value is -2.07. The lowest BCUT2D eigenvalue weighted by atomic mass is 9.94. The van der Waals surface area contributed by atoms with Crippen LogP contribution in [0.1, 0.15) is 35.3 Å². The molecule has 0 saturated heterocycles. The third-order valence-corrected chi connectivity index (χ3v) is 3.78. The van der Waals surface area contributed by atoms with Gasteiger partial charge in [-0.3, -0.25) is 0 Å². The number of fused-ring (bicyclic) bond motifs is 1. The maximum atomic E-state index is 13.8. The standard InChI is InChI=1S/C17H17FO3/c1-10-3-5-15-12(7-10)14(19)9-17(21-15)11-4-6-16(20-2)13(18)8-11/h3-8,14,17,19H,9H2,1-2H3/t14-,17?/m0/s1. The van der Waals surface area contributed by atoms with Crippen molar-refractivity contribution < 1.29 is 19.0 Å². The van der Waals surface area contributed by atoms with E-state index in [1.165, 1.54) is 13.2 Å². The first-order valence-corrected chi connectivity index (χ1v) is 6.87. The Morgan fingerprint density at radius 2 is 2.05 bits per heavy atom. The summed E-state index contributed by atoms with van der Waals surface area (Å²) in [6.07, 6.45) is -0.568. The van der Waals surface area contributed by atoms with Gasteiger partial charge in [0.15, 0.2) is 11.6 Å². The highest BCUT2D eigenvalue weighted by Gasteiger charge is 2.28. The normalized spacial score (nSPS) is 20.6. The van der Waals surface area contributed by atoms with Crippen LogP contribution in [0.3, 0.4) is 0 Å². The van der Waals surface area contributed by atoms with Gasteiger partial charge in [-0.15, -0.1) is 0 Å². The number of aliphatic hydroxyl groups is 1. The van der Waals surface area contributed by atoms with E-state index in [4.69, 9.17) is 9.47 Å². The maximum Gasteiger partial charge on any atom is 0.165 e. The molecule has 4 heteroatoms. The fourth-order valence-electron chi connectivity index (χ4n) is 2.65. The van der Waals surface area contributed by atoms with Crippen LogP contribution in [-0.4, -0.2) is 12.2 Å². The van der Waals surface area contributed by atoms with Gasteiger partial charge in [-0.25, -0.2) is 4.39 Å². The Morgan fingerprint density at radius 3 is 2.76 bits per heavy atom. The molecule has 0 bridgehead atoms. The molecule has 0 aliphatic carbocycles. The molecule has 0 saturated carbocycles. The molecule has 2 atom stereocenters. The van der Waals surface area contributed by atoms with Crippen molar-refractivity contribution in [3.63, 3.8) is 0 Å². The monoisotopic (exact) mass is 288 g/mol. The molecule has 0 spiro atoms. The van der Waals surface area contributed by atoms with Crippen molar-refractivity contribution >= 4 is 0 Å². The van der Waals surface area contributed by atoms with Crippen LogP contribution >= 0.6 is 0 Å². The highest BCUT2D eigenvalue weighted by molar-refractivity contribution is 5.41. The van der Waals surface area contributed by atoms with Gasteiger partial charge >= 0.3 is 0 Å². The maximum absolute atomic E-state index is 13.8. The van der Waals surface area contributed by atoms with Crippen molar-refractivity contribution in [1.82, 2.24) is 0 Å². The second-order valence-electron chi connectivity index (χ2n) is 5.29. The van der Waals surface area contributed by atoms with Crippen LogP contribution in [0.15, 0.2) is 36.4 Å². The summed E-state index contributed by atoms with van der Waals surface area (Å²) in [6, 6.07) is 10.4. The molecule has 2 aromatic rings. The SMILES string of the molecule is COc1ccc(C2C[C@H](O)c3cc(C)ccc3O2)cc1F. The Balaban J connectivity index is 1.92. The molecule has 1 aliphatic rings. The average molecular weight is 288 g/mol. The lowest BCUT2D eigenvalue weighted by molar-refractivity contribution is 0.0655. The zero-order valence-electron chi connectivity index (χ0n) is 12.0. The van der Waals surface area contributed by atoms with E-state index in [9.17, 15) is 9.50 Å². The van der Waals surface area contributed by atoms with Crippen LogP contribution in [0.5, 0.6) is 11.5 Å². The highest BCUT2D eigenvalue weighted by Crippen LogP contribution is 2.41. The molecule has 1 heterocycles. The van der Waals surface area contributed by atoms with Crippen molar-refractivity contribution in [2.75, 3.05) is 7.11 Å². The average Bonchev–Trinajstić information content (AvgIpc) is 2.47. The summed E-state index contributed by atoms with van der Waals surface area (Å²) in [5, 5.41) is 10.3. The second kappa shape index (κ2) is 5.37. The molecule has 3 nitrogen and oxygen atoms in total. The van der Waals surface area contributed by atoms with Gasteiger partial charge in [0.05, 0.1) is 13.2 Å². The van der Waals surface area contributed by atoms with Crippen molar-refractivity contribution in [2.24, 2.45) is 0 Å². The summed E-state index contributed by atoms with van der Waals surface area (Å²) < 4.78 is 24.6. The van der Waals surface area contributed by atoms with E-state index < -0.39 is 11.9 Å². The quantitative estimate of drug-likeness (QED) is 0.915. The Kier molecular flexibility index (Phi) is 3.55. The molecule has 0 amide bonds. The fraction of sp³-hybridized carbons (Fsp3) is 0.294. The molecular formula is C17H17FO3. The summed E-state index contributed by atoms with van der Waals surface area (Å²) in [7, 11) is 1.43. The van der Waals surface area contributed by atoms with Gasteiger partial charge in [0.2, 0.25) is 0 Å². The Labute approximate surface area is 122 Å². The largest absolute Gasteiger partial charge is 0.494 e. The first kappa shape index (κ1) is 13.9. The summed E-state index contributed by atoms with van der Waals surface area (Å²) in [5.41, 5.74) is 2.56. The van der Waals surface area contributed by atoms with E-state index >= 15 is 0 Å². The first-order valence-electron chi connectivity index (χ1n) is 6.87. The van der Waals surface area contributed by atoms with Gasteiger partial charge in [-0.2, -0.15) is 0 Å². The van der Waals surface area contributed by atoms with Gasteiger partial charge < -0.3 is 14.6 Å². The third-order valence-electron chi connectivity index (χ3n) is 3.78. The predicted octanol–water partition coefficient (Wildman–Crippen LogP) is 3.70. The molecule has 3 rings (SSSR count). The molecule has 1 N–H and O–H groups in total. The van der Waals surface area contributed by atoms with E-state index in [0.29, 0.717) is 17.7 Å². The molecule has 110 valence electrons. The highest BCUT2D eigenvalue weighted by atomic mass is 19.1. The minimum Gasteiger partial charge on any atom is -0.494 e. The van der Waals surface area contributed by atoms with Crippen LogP contribution in [0.25, 0.3) is 0 Å². The third kappa shape index (κ3) is 2.59. The molecule has 1 aliphatic heterocycles. The van der Waals surface area contributed by atoms with E-state index in [2.05, 4.69) is 0 Å². The smallest absolute Gasteiger partial charge is 0.165 e. The lowest BCUT2D eigenvalue weighted by Gasteiger charge is -2.30. The number of halogens is 1. The van der Waals surface area contributed by atoms with Crippen LogP contribution in [-0.2, 0) is 0 Å². The fourth-order valence-corrected chi connectivity index (χ4v) is 2.65. The number of benzene rings is 2. The minimum atomic E-state index is -0.608. The van der Waals surface area contributed by atoms with Crippen molar-refractivity contribution in [1.29, 1.82) is 0 Å². The van der Waals surface area contributed by atoms with Gasteiger partial charge in [-0.1, -0.05) is 17.7 Å². The molecule has 0 fully saturated rings. The summed E-state index contributed by atoms with van der Waals surface area (Å²) >= 11 is 0. The number of aryl methyl sites for hydroxylation is 1. The number of methoxy groups -OCH3 is 1. The summed E-state index contributed by atoms with van der Waals surface area (Å²) in [5.74, 6) is 0.425. The first-order chi connectivity index (χ1) is 10.1. The predicted molar refractivity (Wildman–Crippen MR) is 77.1 cm³/mol. The topological polar surface area (TPSA) is 38.7 Å². The number of hydrogen-bond acceptors (Lipinski definition) is 3. The zero-order valence-corrected chi connectivity index (χ0v) is 12.0. The van der Waals surface area contributed by atoms with Crippen LogP contribution in [0.4, 0.5) is 4.39 Å². The van der Waals surface area contributed by atoms with Crippen molar-refractivity contribution in [3.8, 4) is 11.5 Å². The lowest BCUT2D eigenvalue weighted by Crippen LogP contribution is -2.19. The molecule has 0 aromatic heterocycles. The van der Waals surface area contributed by atoms with E-state index in [1.54, 1.807) is 12.1 Å². The molecule has 1 unspecified atom stereocenters. The molecular weight excluding hydrogens is 271 g/mol. The molecule has 2 aromatic carbocycles. The van der Waals surface area contributed by atoms with E-state index in [-0.39, 0.29) is 11.9 Å². The Bertz CT molecular complexity index is 669. The number of ether oxygens (including phenoxy) is 2. The molecule has 0 radical (unpaired) electrons. The minimum absolute atomic E-state index is 0.200. The van der Waals surface area contributed by atoms with Crippen LogP contribution < -0.4 is 9.47 Å².